The number of nitrogens with one attached hydrogen (secondary N) is 2. The van der Waals surface area contributed by atoms with E-state index in [1.165, 1.54) is 0 Å². The second-order valence-corrected chi connectivity index (χ2v) is 3.76. The molecule has 1 aliphatic rings. The second kappa shape index (κ2) is 5.51. The van der Waals surface area contributed by atoms with E-state index in [1.54, 1.807) is 12.4 Å². The number of nitrogens with zero attached hydrogens (tertiary/aromatic N) is 2. The number of benzene rings is 1. The smallest absolute Gasteiger partial charge is 0.159 e. The molecule has 0 saturated heterocycles. The Labute approximate surface area is 112 Å². The molecule has 0 radical (unpaired) electrons. The van der Waals surface area contributed by atoms with Crippen LogP contribution in [0.15, 0.2) is 55.1 Å². The lowest BCUT2D eigenvalue weighted by atomic mass is 10.0. The Bertz CT molecular complexity index is 534. The largest absolute Gasteiger partial charge is 0.366 e. The van der Waals surface area contributed by atoms with Crippen molar-refractivity contribution >= 4 is 12.4 Å². The summed E-state index contributed by atoms with van der Waals surface area (Å²) in [5.74, 6) is 0.749. The highest BCUT2D eigenvalue weighted by Crippen LogP contribution is 2.25. The summed E-state index contributed by atoms with van der Waals surface area (Å²) < 4.78 is 0. The van der Waals surface area contributed by atoms with Crippen LogP contribution in [0.4, 0.5) is 0 Å². The van der Waals surface area contributed by atoms with Gasteiger partial charge in [-0.15, -0.1) is 12.4 Å². The normalized spacial score (nSPS) is 13.6. The second-order valence-electron chi connectivity index (χ2n) is 3.76. The summed E-state index contributed by atoms with van der Waals surface area (Å²) in [7, 11) is 0. The fourth-order valence-corrected chi connectivity index (χ4v) is 1.91. The molecule has 1 aliphatic heterocycles. The Hall–Kier alpha value is -2.07. The van der Waals surface area contributed by atoms with Crippen LogP contribution < -0.4 is 10.6 Å². The van der Waals surface area contributed by atoms with E-state index in [-0.39, 0.29) is 18.6 Å². The van der Waals surface area contributed by atoms with Gasteiger partial charge >= 0.3 is 0 Å². The van der Waals surface area contributed by atoms with E-state index in [4.69, 9.17) is 0 Å². The number of aromatic nitrogens is 2. The van der Waals surface area contributed by atoms with Crippen LogP contribution in [0.25, 0.3) is 11.4 Å². The van der Waals surface area contributed by atoms with E-state index in [2.05, 4.69) is 26.7 Å². The first-order valence-electron chi connectivity index (χ1n) is 5.48. The highest BCUT2D eigenvalue weighted by atomic mass is 35.5. The SMILES string of the molecule is C1=CNC(c2ccccc2-c2ncccn2)N1.Cl. The molecule has 0 amide bonds. The zero-order valence-electron chi connectivity index (χ0n) is 9.58. The van der Waals surface area contributed by atoms with Crippen molar-refractivity contribution in [2.24, 2.45) is 0 Å². The molecule has 3 rings (SSSR count). The molecular weight excluding hydrogens is 248 g/mol. The van der Waals surface area contributed by atoms with Gasteiger partial charge in [-0.25, -0.2) is 9.97 Å². The third-order valence-corrected chi connectivity index (χ3v) is 2.69. The summed E-state index contributed by atoms with van der Waals surface area (Å²) in [5, 5.41) is 6.47. The maximum atomic E-state index is 4.29. The molecule has 1 aromatic heterocycles. The molecular formula is C13H13ClN4. The van der Waals surface area contributed by atoms with Gasteiger partial charge in [-0.1, -0.05) is 24.3 Å². The van der Waals surface area contributed by atoms with E-state index < -0.39 is 0 Å². The monoisotopic (exact) mass is 260 g/mol. The maximum absolute atomic E-state index is 4.29. The van der Waals surface area contributed by atoms with Gasteiger partial charge in [0.05, 0.1) is 0 Å². The molecule has 0 atom stereocenters. The summed E-state index contributed by atoms with van der Waals surface area (Å²) in [6.45, 7) is 0. The highest BCUT2D eigenvalue weighted by Gasteiger charge is 2.16. The first-order chi connectivity index (χ1) is 8.45. The minimum absolute atomic E-state index is 0. The predicted octanol–water partition coefficient (Wildman–Crippen LogP) is 2.23. The average Bonchev–Trinajstić information content (AvgIpc) is 2.94. The third kappa shape index (κ3) is 2.28. The molecule has 0 bridgehead atoms. The Morgan fingerprint density at radius 3 is 2.28 bits per heavy atom. The van der Waals surface area contributed by atoms with E-state index in [0.29, 0.717) is 0 Å². The average molecular weight is 261 g/mol. The lowest BCUT2D eigenvalue weighted by Crippen LogP contribution is -2.21. The zero-order valence-corrected chi connectivity index (χ0v) is 10.4. The standard InChI is InChI=1S/C13H12N4.ClH/c1-2-5-11(13-16-8-9-17-13)10(4-1)12-14-6-3-7-15-12;/h1-9,13,16-17H;1H. The van der Waals surface area contributed by atoms with Crippen LogP contribution in [0.5, 0.6) is 0 Å². The number of hydrogen-bond donors (Lipinski definition) is 2. The van der Waals surface area contributed by atoms with Crippen molar-refractivity contribution in [3.8, 4) is 11.4 Å². The molecule has 0 aliphatic carbocycles. The number of hydrogen-bond acceptors (Lipinski definition) is 4. The van der Waals surface area contributed by atoms with E-state index >= 15 is 0 Å². The third-order valence-electron chi connectivity index (χ3n) is 2.69. The van der Waals surface area contributed by atoms with Crippen molar-refractivity contribution in [1.29, 1.82) is 0 Å². The molecule has 0 unspecified atom stereocenters. The minimum Gasteiger partial charge on any atom is -0.366 e. The highest BCUT2D eigenvalue weighted by molar-refractivity contribution is 5.85. The summed E-state index contributed by atoms with van der Waals surface area (Å²) in [6, 6.07) is 9.94. The van der Waals surface area contributed by atoms with Crippen molar-refractivity contribution in [2.45, 2.75) is 6.17 Å². The van der Waals surface area contributed by atoms with Gasteiger partial charge < -0.3 is 10.6 Å². The van der Waals surface area contributed by atoms with Gasteiger partial charge in [0.15, 0.2) is 5.82 Å². The van der Waals surface area contributed by atoms with E-state index in [0.717, 1.165) is 17.0 Å². The van der Waals surface area contributed by atoms with Gasteiger partial charge in [-0.2, -0.15) is 0 Å². The first kappa shape index (κ1) is 12.4. The van der Waals surface area contributed by atoms with Crippen LogP contribution in [0, 0.1) is 0 Å². The van der Waals surface area contributed by atoms with E-state index in [9.17, 15) is 0 Å². The fourth-order valence-electron chi connectivity index (χ4n) is 1.91. The molecule has 2 N–H and O–H groups in total. The van der Waals surface area contributed by atoms with Crippen molar-refractivity contribution < 1.29 is 0 Å². The van der Waals surface area contributed by atoms with Crippen molar-refractivity contribution in [3.05, 3.63) is 60.7 Å². The molecule has 92 valence electrons. The van der Waals surface area contributed by atoms with Gasteiger partial charge in [0.2, 0.25) is 0 Å². The molecule has 4 nitrogen and oxygen atoms in total. The Morgan fingerprint density at radius 1 is 0.889 bits per heavy atom. The van der Waals surface area contributed by atoms with Crippen LogP contribution in [-0.2, 0) is 0 Å². The molecule has 18 heavy (non-hydrogen) atoms. The van der Waals surface area contributed by atoms with Gasteiger partial charge in [0, 0.05) is 35.9 Å². The molecule has 0 fully saturated rings. The van der Waals surface area contributed by atoms with Crippen LogP contribution in [-0.4, -0.2) is 9.97 Å². The van der Waals surface area contributed by atoms with Crippen molar-refractivity contribution in [1.82, 2.24) is 20.6 Å². The van der Waals surface area contributed by atoms with Gasteiger partial charge in [0.25, 0.3) is 0 Å². The fraction of sp³-hybridized carbons (Fsp3) is 0.0769. The molecule has 0 saturated carbocycles. The minimum atomic E-state index is 0. The van der Waals surface area contributed by atoms with Crippen LogP contribution >= 0.6 is 12.4 Å². The van der Waals surface area contributed by atoms with Crippen LogP contribution in [0.1, 0.15) is 11.7 Å². The summed E-state index contributed by atoms with van der Waals surface area (Å²) >= 11 is 0. The predicted molar refractivity (Wildman–Crippen MR) is 72.9 cm³/mol. The first-order valence-corrected chi connectivity index (χ1v) is 5.48. The summed E-state index contributed by atoms with van der Waals surface area (Å²) in [5.41, 5.74) is 2.19. The van der Waals surface area contributed by atoms with Crippen LogP contribution in [0.2, 0.25) is 0 Å². The lowest BCUT2D eigenvalue weighted by molar-refractivity contribution is 0.609. The Balaban J connectivity index is 0.00000120. The molecule has 2 heterocycles. The molecule has 0 spiro atoms. The topological polar surface area (TPSA) is 49.8 Å². The summed E-state index contributed by atoms with van der Waals surface area (Å²) in [4.78, 5) is 8.59. The van der Waals surface area contributed by atoms with Gasteiger partial charge in [-0.05, 0) is 6.07 Å². The zero-order chi connectivity index (χ0) is 11.5. The maximum Gasteiger partial charge on any atom is 0.159 e. The molecule has 1 aromatic carbocycles. The van der Waals surface area contributed by atoms with Crippen molar-refractivity contribution in [2.75, 3.05) is 0 Å². The lowest BCUT2D eigenvalue weighted by Gasteiger charge is -2.16. The quantitative estimate of drug-likeness (QED) is 0.869. The molecule has 2 aromatic rings. The summed E-state index contributed by atoms with van der Waals surface area (Å²) in [6.07, 6.45) is 7.40. The number of halogens is 1. The Kier molecular flexibility index (Phi) is 3.79. The van der Waals surface area contributed by atoms with Gasteiger partial charge in [-0.3, -0.25) is 0 Å². The number of rotatable bonds is 2. The van der Waals surface area contributed by atoms with Gasteiger partial charge in [0.1, 0.15) is 6.17 Å². The molecule has 5 heteroatoms. The Morgan fingerprint density at radius 2 is 1.56 bits per heavy atom. The van der Waals surface area contributed by atoms with E-state index in [1.807, 2.05) is 36.7 Å². The van der Waals surface area contributed by atoms with Crippen molar-refractivity contribution in [3.63, 3.8) is 0 Å². The van der Waals surface area contributed by atoms with Crippen LogP contribution in [0.3, 0.4) is 0 Å².